The van der Waals surface area contributed by atoms with E-state index in [0.717, 1.165) is 23.9 Å². The molecule has 18 heavy (non-hydrogen) atoms. The van der Waals surface area contributed by atoms with Crippen LogP contribution in [0.4, 0.5) is 0 Å². The molecule has 1 aliphatic heterocycles. The lowest BCUT2D eigenvalue weighted by Crippen LogP contribution is -2.45. The summed E-state index contributed by atoms with van der Waals surface area (Å²) < 4.78 is 6.15. The quantitative estimate of drug-likeness (QED) is 0.909. The highest BCUT2D eigenvalue weighted by Crippen LogP contribution is 2.25. The second-order valence-electron chi connectivity index (χ2n) is 4.50. The summed E-state index contributed by atoms with van der Waals surface area (Å²) in [6.45, 7) is 1.39. The van der Waals surface area contributed by atoms with Gasteiger partial charge in [-0.1, -0.05) is 15.9 Å². The zero-order valence-electron chi connectivity index (χ0n) is 10.4. The van der Waals surface area contributed by atoms with Crippen LogP contribution in [0, 0.1) is 0 Å². The van der Waals surface area contributed by atoms with Gasteiger partial charge in [-0.25, -0.2) is 0 Å². The SMILES string of the molecule is COc1cc(Br)ccc1C(=O)N1CCCC(N)C1. The molecule has 1 saturated heterocycles. The Hall–Kier alpha value is -1.07. The van der Waals surface area contributed by atoms with Gasteiger partial charge in [-0.2, -0.15) is 0 Å². The van der Waals surface area contributed by atoms with E-state index in [0.29, 0.717) is 17.9 Å². The van der Waals surface area contributed by atoms with E-state index in [1.54, 1.807) is 24.1 Å². The largest absolute Gasteiger partial charge is 0.496 e. The molecule has 1 aromatic rings. The summed E-state index contributed by atoms with van der Waals surface area (Å²) in [5.74, 6) is 0.586. The van der Waals surface area contributed by atoms with Crippen LogP contribution in [0.3, 0.4) is 0 Å². The molecular formula is C13H17BrN2O2. The first-order chi connectivity index (χ1) is 8.61. The number of benzene rings is 1. The predicted octanol–water partition coefficient (Wildman–Crippen LogP) is 2.02. The van der Waals surface area contributed by atoms with Gasteiger partial charge in [-0.3, -0.25) is 4.79 Å². The van der Waals surface area contributed by atoms with Crippen LogP contribution < -0.4 is 10.5 Å². The van der Waals surface area contributed by atoms with E-state index in [-0.39, 0.29) is 11.9 Å². The molecule has 0 aromatic heterocycles. The van der Waals surface area contributed by atoms with E-state index in [1.807, 2.05) is 6.07 Å². The van der Waals surface area contributed by atoms with Crippen molar-refractivity contribution >= 4 is 21.8 Å². The minimum atomic E-state index is -0.00509. The second kappa shape index (κ2) is 5.71. The van der Waals surface area contributed by atoms with Crippen LogP contribution in [0.15, 0.2) is 22.7 Å². The van der Waals surface area contributed by atoms with Gasteiger partial charge < -0.3 is 15.4 Å². The highest BCUT2D eigenvalue weighted by Gasteiger charge is 2.24. The van der Waals surface area contributed by atoms with Crippen molar-refractivity contribution in [3.8, 4) is 5.75 Å². The molecule has 0 saturated carbocycles. The summed E-state index contributed by atoms with van der Waals surface area (Å²) in [5, 5.41) is 0. The van der Waals surface area contributed by atoms with Crippen molar-refractivity contribution < 1.29 is 9.53 Å². The van der Waals surface area contributed by atoms with Crippen LogP contribution in [0.1, 0.15) is 23.2 Å². The number of carbonyl (C=O) groups excluding carboxylic acids is 1. The molecule has 98 valence electrons. The van der Waals surface area contributed by atoms with E-state index in [1.165, 1.54) is 0 Å². The second-order valence-corrected chi connectivity index (χ2v) is 5.41. The lowest BCUT2D eigenvalue weighted by molar-refractivity contribution is 0.0705. The third-order valence-corrected chi connectivity index (χ3v) is 3.63. The first kappa shape index (κ1) is 13.4. The average molecular weight is 313 g/mol. The van der Waals surface area contributed by atoms with Crippen LogP contribution in [-0.2, 0) is 0 Å². The van der Waals surface area contributed by atoms with Crippen molar-refractivity contribution in [3.05, 3.63) is 28.2 Å². The van der Waals surface area contributed by atoms with Crippen molar-refractivity contribution in [3.63, 3.8) is 0 Å². The number of amides is 1. The van der Waals surface area contributed by atoms with Crippen molar-refractivity contribution in [1.82, 2.24) is 4.90 Å². The molecule has 0 spiro atoms. The van der Waals surface area contributed by atoms with Crippen molar-refractivity contribution in [2.45, 2.75) is 18.9 Å². The maximum Gasteiger partial charge on any atom is 0.257 e. The van der Waals surface area contributed by atoms with Crippen LogP contribution >= 0.6 is 15.9 Å². The number of ether oxygens (including phenoxy) is 1. The molecule has 4 nitrogen and oxygen atoms in total. The molecule has 5 heteroatoms. The number of nitrogens with zero attached hydrogens (tertiary/aromatic N) is 1. The van der Waals surface area contributed by atoms with Crippen molar-refractivity contribution in [2.24, 2.45) is 5.73 Å². The number of nitrogens with two attached hydrogens (primary N) is 1. The van der Waals surface area contributed by atoms with Crippen LogP contribution in [0.25, 0.3) is 0 Å². The van der Waals surface area contributed by atoms with Gasteiger partial charge in [0.25, 0.3) is 5.91 Å². The van der Waals surface area contributed by atoms with E-state index in [4.69, 9.17) is 10.5 Å². The van der Waals surface area contributed by atoms with Gasteiger partial charge in [0.1, 0.15) is 5.75 Å². The van der Waals surface area contributed by atoms with Crippen LogP contribution in [-0.4, -0.2) is 37.0 Å². The number of piperidine rings is 1. The molecule has 2 N–H and O–H groups in total. The van der Waals surface area contributed by atoms with Gasteiger partial charge in [0.2, 0.25) is 0 Å². The van der Waals surface area contributed by atoms with Crippen LogP contribution in [0.2, 0.25) is 0 Å². The van der Waals surface area contributed by atoms with Gasteiger partial charge in [0.15, 0.2) is 0 Å². The van der Waals surface area contributed by atoms with Gasteiger partial charge in [-0.05, 0) is 31.0 Å². The van der Waals surface area contributed by atoms with Gasteiger partial charge >= 0.3 is 0 Å². The molecule has 2 rings (SSSR count). The Morgan fingerprint density at radius 3 is 3.00 bits per heavy atom. The molecule has 0 bridgehead atoms. The van der Waals surface area contributed by atoms with E-state index >= 15 is 0 Å². The Balaban J connectivity index is 2.22. The van der Waals surface area contributed by atoms with Crippen molar-refractivity contribution in [2.75, 3.05) is 20.2 Å². The van der Waals surface area contributed by atoms with E-state index in [9.17, 15) is 4.79 Å². The standard InChI is InChI=1S/C13H17BrN2O2/c1-18-12-7-9(14)4-5-11(12)13(17)16-6-2-3-10(15)8-16/h4-5,7,10H,2-3,6,8,15H2,1H3. The Morgan fingerprint density at radius 1 is 1.56 bits per heavy atom. The monoisotopic (exact) mass is 312 g/mol. The zero-order valence-corrected chi connectivity index (χ0v) is 11.9. The minimum absolute atomic E-state index is 0.00509. The number of halogens is 1. The number of likely N-dealkylation sites (tertiary alicyclic amines) is 1. The molecule has 1 unspecified atom stereocenters. The maximum atomic E-state index is 12.4. The van der Waals surface area contributed by atoms with Crippen molar-refractivity contribution in [1.29, 1.82) is 0 Å². The lowest BCUT2D eigenvalue weighted by Gasteiger charge is -2.31. The number of methoxy groups -OCH3 is 1. The number of hydrogen-bond acceptors (Lipinski definition) is 3. The summed E-state index contributed by atoms with van der Waals surface area (Å²) in [7, 11) is 1.57. The normalized spacial score (nSPS) is 19.7. The third-order valence-electron chi connectivity index (χ3n) is 3.14. The first-order valence-electron chi connectivity index (χ1n) is 6.00. The van der Waals surface area contributed by atoms with Gasteiger partial charge in [0.05, 0.1) is 12.7 Å². The lowest BCUT2D eigenvalue weighted by atomic mass is 10.0. The van der Waals surface area contributed by atoms with Gasteiger partial charge in [-0.15, -0.1) is 0 Å². The fourth-order valence-corrected chi connectivity index (χ4v) is 2.55. The fourth-order valence-electron chi connectivity index (χ4n) is 2.21. The Labute approximate surface area is 115 Å². The molecule has 1 amide bonds. The molecule has 1 aromatic carbocycles. The smallest absolute Gasteiger partial charge is 0.257 e. The highest BCUT2D eigenvalue weighted by molar-refractivity contribution is 9.10. The summed E-state index contributed by atoms with van der Waals surface area (Å²) >= 11 is 3.37. The molecule has 1 heterocycles. The van der Waals surface area contributed by atoms with Gasteiger partial charge in [0, 0.05) is 23.6 Å². The highest BCUT2D eigenvalue weighted by atomic mass is 79.9. The Morgan fingerprint density at radius 2 is 2.33 bits per heavy atom. The Bertz CT molecular complexity index is 451. The Kier molecular flexibility index (Phi) is 4.24. The summed E-state index contributed by atoms with van der Waals surface area (Å²) in [4.78, 5) is 14.2. The molecule has 1 fully saturated rings. The average Bonchev–Trinajstić information content (AvgIpc) is 2.37. The molecule has 0 radical (unpaired) electrons. The zero-order chi connectivity index (χ0) is 13.1. The third kappa shape index (κ3) is 2.84. The molecule has 0 aliphatic carbocycles. The van der Waals surface area contributed by atoms with E-state index < -0.39 is 0 Å². The number of rotatable bonds is 2. The minimum Gasteiger partial charge on any atom is -0.496 e. The molecule has 1 aliphatic rings. The predicted molar refractivity (Wildman–Crippen MR) is 73.8 cm³/mol. The molecular weight excluding hydrogens is 296 g/mol. The number of hydrogen-bond donors (Lipinski definition) is 1. The maximum absolute atomic E-state index is 12.4. The summed E-state index contributed by atoms with van der Waals surface area (Å²) in [6.07, 6.45) is 1.95. The van der Waals surface area contributed by atoms with E-state index in [2.05, 4.69) is 15.9 Å². The number of carbonyl (C=O) groups is 1. The summed E-state index contributed by atoms with van der Waals surface area (Å²) in [5.41, 5.74) is 6.50. The fraction of sp³-hybridized carbons (Fsp3) is 0.462. The van der Waals surface area contributed by atoms with Crippen LogP contribution in [0.5, 0.6) is 5.75 Å². The first-order valence-corrected chi connectivity index (χ1v) is 6.79. The summed E-state index contributed by atoms with van der Waals surface area (Å²) in [6, 6.07) is 5.52. The topological polar surface area (TPSA) is 55.6 Å². The molecule has 1 atom stereocenters.